The van der Waals surface area contributed by atoms with Crippen molar-refractivity contribution in [1.82, 2.24) is 10.2 Å². The summed E-state index contributed by atoms with van der Waals surface area (Å²) in [5.41, 5.74) is 2.51. The number of nitrogens with zero attached hydrogens (tertiary/aromatic N) is 1. The van der Waals surface area contributed by atoms with Crippen LogP contribution in [0.15, 0.2) is 18.2 Å². The van der Waals surface area contributed by atoms with E-state index in [-0.39, 0.29) is 5.91 Å². The van der Waals surface area contributed by atoms with Crippen LogP contribution in [0.2, 0.25) is 0 Å². The van der Waals surface area contributed by atoms with Gasteiger partial charge in [0.25, 0.3) is 0 Å². The summed E-state index contributed by atoms with van der Waals surface area (Å²) >= 11 is 0. The zero-order valence-electron chi connectivity index (χ0n) is 13.2. The second kappa shape index (κ2) is 8.03. The third-order valence-corrected chi connectivity index (χ3v) is 3.97. The van der Waals surface area contributed by atoms with E-state index in [0.717, 1.165) is 44.8 Å². The Labute approximate surface area is 127 Å². The van der Waals surface area contributed by atoms with E-state index in [0.29, 0.717) is 13.0 Å². The summed E-state index contributed by atoms with van der Waals surface area (Å²) in [5, 5.41) is 3.31. The molecule has 0 radical (unpaired) electrons. The minimum absolute atomic E-state index is 0.252. The Morgan fingerprint density at radius 1 is 1.24 bits per heavy atom. The van der Waals surface area contributed by atoms with Gasteiger partial charge in [0.05, 0.1) is 6.61 Å². The number of aryl methyl sites for hydroxylation is 2. The second-order valence-electron chi connectivity index (χ2n) is 5.68. The van der Waals surface area contributed by atoms with Crippen LogP contribution >= 0.6 is 0 Å². The Morgan fingerprint density at radius 2 is 2.10 bits per heavy atom. The third-order valence-electron chi connectivity index (χ3n) is 3.97. The highest BCUT2D eigenvalue weighted by molar-refractivity contribution is 5.76. The molecule has 1 aliphatic heterocycles. The fourth-order valence-electron chi connectivity index (χ4n) is 2.47. The molecule has 1 heterocycles. The van der Waals surface area contributed by atoms with Gasteiger partial charge in [0.2, 0.25) is 5.91 Å². The van der Waals surface area contributed by atoms with Gasteiger partial charge in [0, 0.05) is 26.1 Å². The first-order valence-electron chi connectivity index (χ1n) is 7.85. The van der Waals surface area contributed by atoms with Crippen LogP contribution in [0, 0.1) is 13.8 Å². The van der Waals surface area contributed by atoms with E-state index in [9.17, 15) is 4.79 Å². The van der Waals surface area contributed by atoms with Crippen LogP contribution in [0.3, 0.4) is 0 Å². The van der Waals surface area contributed by atoms with Gasteiger partial charge in [-0.1, -0.05) is 6.07 Å². The molecule has 1 fully saturated rings. The number of hydrogen-bond acceptors (Lipinski definition) is 3. The summed E-state index contributed by atoms with van der Waals surface area (Å²) in [7, 11) is 0. The number of nitrogens with one attached hydrogen (secondary N) is 1. The summed E-state index contributed by atoms with van der Waals surface area (Å²) in [4.78, 5) is 14.1. The van der Waals surface area contributed by atoms with Gasteiger partial charge in [-0.3, -0.25) is 4.79 Å². The lowest BCUT2D eigenvalue weighted by Gasteiger charge is -2.19. The molecule has 1 aromatic rings. The van der Waals surface area contributed by atoms with Crippen LogP contribution in [0.25, 0.3) is 0 Å². The highest BCUT2D eigenvalue weighted by Gasteiger charge is 2.14. The quantitative estimate of drug-likeness (QED) is 0.846. The molecule has 0 spiro atoms. The van der Waals surface area contributed by atoms with Gasteiger partial charge in [0.1, 0.15) is 5.75 Å². The van der Waals surface area contributed by atoms with E-state index in [4.69, 9.17) is 4.74 Å². The predicted octanol–water partition coefficient (Wildman–Crippen LogP) is 2.28. The molecular formula is C17H26N2O2. The summed E-state index contributed by atoms with van der Waals surface area (Å²) < 4.78 is 5.72. The van der Waals surface area contributed by atoms with Crippen molar-refractivity contribution in [1.29, 1.82) is 0 Å². The fourth-order valence-corrected chi connectivity index (χ4v) is 2.47. The molecule has 0 aliphatic carbocycles. The van der Waals surface area contributed by atoms with Gasteiger partial charge >= 0.3 is 0 Å². The van der Waals surface area contributed by atoms with Crippen LogP contribution in [-0.2, 0) is 4.79 Å². The first-order valence-corrected chi connectivity index (χ1v) is 7.85. The van der Waals surface area contributed by atoms with Crippen LogP contribution < -0.4 is 10.1 Å². The highest BCUT2D eigenvalue weighted by atomic mass is 16.5. The molecule has 116 valence electrons. The van der Waals surface area contributed by atoms with Gasteiger partial charge in [-0.25, -0.2) is 0 Å². The Bertz CT molecular complexity index is 466. The fraction of sp³-hybridized carbons (Fsp3) is 0.588. The van der Waals surface area contributed by atoms with Crippen LogP contribution in [0.4, 0.5) is 0 Å². The van der Waals surface area contributed by atoms with Crippen molar-refractivity contribution in [3.05, 3.63) is 29.3 Å². The number of ether oxygens (including phenoxy) is 1. The summed E-state index contributed by atoms with van der Waals surface area (Å²) in [6, 6.07) is 6.11. The largest absolute Gasteiger partial charge is 0.494 e. The number of hydrogen-bond donors (Lipinski definition) is 1. The summed E-state index contributed by atoms with van der Waals surface area (Å²) in [5.74, 6) is 1.15. The molecule has 0 saturated carbocycles. The lowest BCUT2D eigenvalue weighted by atomic mass is 10.1. The molecular weight excluding hydrogens is 264 g/mol. The standard InChI is InChI=1S/C17H26N2O2/c1-14-6-7-16(13-15(14)2)21-12-3-5-17(20)19-10-4-8-18-9-11-19/h6-7,13,18H,3-5,8-12H2,1-2H3. The first kappa shape index (κ1) is 15.8. The average molecular weight is 290 g/mol. The van der Waals surface area contributed by atoms with Gasteiger partial charge in [-0.05, 0) is 56.5 Å². The molecule has 1 aromatic carbocycles. The zero-order chi connectivity index (χ0) is 15.1. The molecule has 1 amide bonds. The van der Waals surface area contributed by atoms with Gasteiger partial charge < -0.3 is 15.0 Å². The third kappa shape index (κ3) is 5.05. The van der Waals surface area contributed by atoms with E-state index >= 15 is 0 Å². The Balaban J connectivity index is 1.68. The Kier molecular flexibility index (Phi) is 6.05. The number of carbonyl (C=O) groups is 1. The second-order valence-corrected chi connectivity index (χ2v) is 5.68. The normalized spacial score (nSPS) is 15.6. The van der Waals surface area contributed by atoms with Crippen molar-refractivity contribution in [2.24, 2.45) is 0 Å². The minimum Gasteiger partial charge on any atom is -0.494 e. The van der Waals surface area contributed by atoms with E-state index < -0.39 is 0 Å². The lowest BCUT2D eigenvalue weighted by molar-refractivity contribution is -0.131. The number of rotatable bonds is 5. The van der Waals surface area contributed by atoms with Crippen molar-refractivity contribution in [2.75, 3.05) is 32.8 Å². The van der Waals surface area contributed by atoms with E-state index in [1.165, 1.54) is 11.1 Å². The van der Waals surface area contributed by atoms with Crippen LogP contribution in [0.1, 0.15) is 30.4 Å². The van der Waals surface area contributed by atoms with Crippen molar-refractivity contribution in [3.8, 4) is 5.75 Å². The smallest absolute Gasteiger partial charge is 0.222 e. The average Bonchev–Trinajstić information content (AvgIpc) is 2.76. The molecule has 0 aromatic heterocycles. The van der Waals surface area contributed by atoms with E-state index in [2.05, 4.69) is 31.3 Å². The molecule has 2 rings (SSSR count). The summed E-state index contributed by atoms with van der Waals surface area (Å²) in [6.07, 6.45) is 2.39. The monoisotopic (exact) mass is 290 g/mol. The SMILES string of the molecule is Cc1ccc(OCCCC(=O)N2CCCNCC2)cc1C. The van der Waals surface area contributed by atoms with Gasteiger partial charge in [-0.2, -0.15) is 0 Å². The van der Waals surface area contributed by atoms with Gasteiger partial charge in [0.15, 0.2) is 0 Å². The Hall–Kier alpha value is -1.55. The molecule has 4 nitrogen and oxygen atoms in total. The molecule has 4 heteroatoms. The lowest BCUT2D eigenvalue weighted by Crippen LogP contribution is -2.34. The maximum Gasteiger partial charge on any atom is 0.222 e. The minimum atomic E-state index is 0.252. The van der Waals surface area contributed by atoms with Crippen molar-refractivity contribution >= 4 is 5.91 Å². The maximum atomic E-state index is 12.1. The molecule has 0 unspecified atom stereocenters. The van der Waals surface area contributed by atoms with Crippen molar-refractivity contribution in [2.45, 2.75) is 33.1 Å². The number of amides is 1. The zero-order valence-corrected chi connectivity index (χ0v) is 13.2. The van der Waals surface area contributed by atoms with Crippen molar-refractivity contribution < 1.29 is 9.53 Å². The Morgan fingerprint density at radius 3 is 2.90 bits per heavy atom. The predicted molar refractivity (Wildman–Crippen MR) is 84.7 cm³/mol. The maximum absolute atomic E-state index is 12.1. The van der Waals surface area contributed by atoms with E-state index in [1.54, 1.807) is 0 Å². The molecule has 1 N–H and O–H groups in total. The molecule has 21 heavy (non-hydrogen) atoms. The highest BCUT2D eigenvalue weighted by Crippen LogP contribution is 2.16. The molecule has 1 aliphatic rings. The van der Waals surface area contributed by atoms with E-state index in [1.807, 2.05) is 11.0 Å². The van der Waals surface area contributed by atoms with Crippen LogP contribution in [-0.4, -0.2) is 43.6 Å². The molecule has 0 bridgehead atoms. The summed E-state index contributed by atoms with van der Waals surface area (Å²) in [6.45, 7) is 8.40. The first-order chi connectivity index (χ1) is 10.2. The molecule has 1 saturated heterocycles. The van der Waals surface area contributed by atoms with Crippen molar-refractivity contribution in [3.63, 3.8) is 0 Å². The van der Waals surface area contributed by atoms with Crippen LogP contribution in [0.5, 0.6) is 5.75 Å². The van der Waals surface area contributed by atoms with Gasteiger partial charge in [-0.15, -0.1) is 0 Å². The molecule has 0 atom stereocenters. The number of benzene rings is 1. The number of carbonyl (C=O) groups excluding carboxylic acids is 1. The topological polar surface area (TPSA) is 41.6 Å².